The molecule has 0 spiro atoms. The third-order valence-corrected chi connectivity index (χ3v) is 6.13. The van der Waals surface area contributed by atoms with Gasteiger partial charge in [-0.1, -0.05) is 48.5 Å². The van der Waals surface area contributed by atoms with E-state index < -0.39 is 83.5 Å². The topological polar surface area (TPSA) is 192 Å². The first-order chi connectivity index (χ1) is 19.9. The summed E-state index contributed by atoms with van der Waals surface area (Å²) in [7, 11) is 2.96. The van der Waals surface area contributed by atoms with Crippen molar-refractivity contribution in [2.45, 2.75) is 112 Å². The second-order valence-corrected chi connectivity index (χ2v) is 14.0. The Morgan fingerprint density at radius 1 is 0.682 bits per heavy atom. The molecule has 0 aliphatic heterocycles. The Balaban J connectivity index is 5.85. The first-order valence-corrected chi connectivity index (χ1v) is 14.8. The number of ketones is 1. The number of ether oxygens (including phenoxy) is 1. The van der Waals surface area contributed by atoms with E-state index in [-0.39, 0.29) is 17.9 Å². The van der Waals surface area contributed by atoms with Crippen LogP contribution in [-0.4, -0.2) is 96.7 Å². The summed E-state index contributed by atoms with van der Waals surface area (Å²) in [6, 6.07) is -4.87. The predicted molar refractivity (Wildman–Crippen MR) is 165 cm³/mol. The molecule has 0 aromatic carbocycles. The van der Waals surface area contributed by atoms with Gasteiger partial charge in [0, 0.05) is 20.6 Å². The number of carbonyl (C=O) groups is 7. The number of carbonyl (C=O) groups excluding carboxylic acids is 7. The lowest BCUT2D eigenvalue weighted by atomic mass is 9.97. The Labute approximate surface area is 261 Å². The summed E-state index contributed by atoms with van der Waals surface area (Å²) >= 11 is 0. The molecule has 4 atom stereocenters. The third-order valence-electron chi connectivity index (χ3n) is 6.13. The number of rotatable bonds is 14. The fourth-order valence-corrected chi connectivity index (χ4v) is 3.58. The van der Waals surface area contributed by atoms with Crippen LogP contribution in [0.5, 0.6) is 0 Å². The maximum Gasteiger partial charge on any atom is 0.408 e. The lowest BCUT2D eigenvalue weighted by molar-refractivity contribution is -0.141. The average Bonchev–Trinajstić information content (AvgIpc) is 2.85. The van der Waals surface area contributed by atoms with Crippen LogP contribution in [0.2, 0.25) is 0 Å². The van der Waals surface area contributed by atoms with Gasteiger partial charge >= 0.3 is 6.09 Å². The summed E-state index contributed by atoms with van der Waals surface area (Å²) in [5, 5.41) is 12.6. The lowest BCUT2D eigenvalue weighted by Crippen LogP contribution is -2.60. The van der Waals surface area contributed by atoms with Crippen molar-refractivity contribution in [1.82, 2.24) is 31.5 Å². The number of hydrogen-bond donors (Lipinski definition) is 5. The molecule has 0 rings (SSSR count). The van der Waals surface area contributed by atoms with Crippen molar-refractivity contribution in [1.29, 1.82) is 0 Å². The molecule has 0 saturated heterocycles. The van der Waals surface area contributed by atoms with Crippen LogP contribution in [-0.2, 0) is 33.5 Å². The summed E-state index contributed by atoms with van der Waals surface area (Å²) in [6.45, 7) is 19.0. The highest BCUT2D eigenvalue weighted by atomic mass is 16.6. The minimum Gasteiger partial charge on any atom is -0.444 e. The average molecular weight is 627 g/mol. The van der Waals surface area contributed by atoms with Crippen LogP contribution in [0.15, 0.2) is 0 Å². The van der Waals surface area contributed by atoms with E-state index in [0.29, 0.717) is 0 Å². The first kappa shape index (κ1) is 40.3. The summed E-state index contributed by atoms with van der Waals surface area (Å²) < 4.78 is 5.26. The highest BCUT2D eigenvalue weighted by Gasteiger charge is 2.35. The Morgan fingerprint density at radius 2 is 1.16 bits per heavy atom. The SMILES string of the molecule is CC(NC(=O)[C@H](CC(=O)N(C)C)NC(=O)[C@@H](NC(=O)[C@@H](NC(=O)OC(C)(C)C)C(C)C)C(C)C)C(=O)C(=O)NCC(C)(C)C. The quantitative estimate of drug-likeness (QED) is 0.175. The van der Waals surface area contributed by atoms with E-state index in [9.17, 15) is 33.6 Å². The standard InChI is InChI=1S/C30H54N6O8/c1-16(2)21(34-26(41)22(17(3)4)35-28(43)44-30(9,10)11)25(40)33-19(14-20(37)36(12)13)24(39)32-18(5)23(38)27(42)31-15-29(6,7)8/h16-19,21-22H,14-15H2,1-13H3,(H,31,42)(H,32,39)(H,33,40)(H,34,41)(H,35,43)/t18?,19-,21-,22-/m0/s1. The smallest absolute Gasteiger partial charge is 0.408 e. The monoisotopic (exact) mass is 626 g/mol. The number of amides is 6. The van der Waals surface area contributed by atoms with E-state index in [1.54, 1.807) is 48.5 Å². The molecule has 0 aromatic heterocycles. The maximum absolute atomic E-state index is 13.4. The van der Waals surface area contributed by atoms with E-state index in [2.05, 4.69) is 26.6 Å². The lowest BCUT2D eigenvalue weighted by Gasteiger charge is -2.29. The van der Waals surface area contributed by atoms with Crippen LogP contribution in [0.1, 0.15) is 82.6 Å². The minimum absolute atomic E-state index is 0.238. The van der Waals surface area contributed by atoms with Crippen LogP contribution < -0.4 is 26.6 Å². The van der Waals surface area contributed by atoms with Gasteiger partial charge in [0.1, 0.15) is 23.7 Å². The van der Waals surface area contributed by atoms with Crippen molar-refractivity contribution in [3.63, 3.8) is 0 Å². The van der Waals surface area contributed by atoms with E-state index in [0.717, 1.165) is 0 Å². The van der Waals surface area contributed by atoms with Gasteiger partial charge in [0.15, 0.2) is 0 Å². The van der Waals surface area contributed by atoms with Gasteiger partial charge in [0.2, 0.25) is 29.4 Å². The largest absolute Gasteiger partial charge is 0.444 e. The number of nitrogens with one attached hydrogen (secondary N) is 5. The molecule has 252 valence electrons. The zero-order valence-electron chi connectivity index (χ0n) is 28.6. The van der Waals surface area contributed by atoms with Crippen LogP contribution in [0.25, 0.3) is 0 Å². The molecule has 0 aliphatic carbocycles. The number of alkyl carbamates (subject to hydrolysis) is 1. The molecule has 6 amide bonds. The predicted octanol–water partition coefficient (Wildman–Crippen LogP) is 0.876. The molecule has 14 heteroatoms. The molecule has 14 nitrogen and oxygen atoms in total. The molecule has 0 aliphatic rings. The summed E-state index contributed by atoms with van der Waals surface area (Å²) in [4.78, 5) is 90.9. The van der Waals surface area contributed by atoms with Gasteiger partial charge in [-0.05, 0) is 44.9 Å². The molecular weight excluding hydrogens is 572 g/mol. The fraction of sp³-hybridized carbons (Fsp3) is 0.767. The molecule has 0 aromatic rings. The van der Waals surface area contributed by atoms with Crippen molar-refractivity contribution in [2.75, 3.05) is 20.6 Å². The fourth-order valence-electron chi connectivity index (χ4n) is 3.58. The van der Waals surface area contributed by atoms with Crippen LogP contribution in [0, 0.1) is 17.3 Å². The summed E-state index contributed by atoms with van der Waals surface area (Å²) in [5.74, 6) is -5.36. The van der Waals surface area contributed by atoms with Crippen molar-refractivity contribution in [2.24, 2.45) is 17.3 Å². The first-order valence-electron chi connectivity index (χ1n) is 14.8. The zero-order valence-corrected chi connectivity index (χ0v) is 28.6. The summed E-state index contributed by atoms with van der Waals surface area (Å²) in [5.41, 5.74) is -1.06. The van der Waals surface area contributed by atoms with Crippen molar-refractivity contribution < 1.29 is 38.3 Å². The molecule has 0 bridgehead atoms. The zero-order chi connectivity index (χ0) is 34.7. The Hall–Kier alpha value is -3.71. The second kappa shape index (κ2) is 17.0. The Bertz CT molecular complexity index is 1060. The van der Waals surface area contributed by atoms with Gasteiger partial charge in [0.25, 0.3) is 5.91 Å². The third kappa shape index (κ3) is 15.1. The van der Waals surface area contributed by atoms with Gasteiger partial charge in [0.05, 0.1) is 12.5 Å². The van der Waals surface area contributed by atoms with Crippen molar-refractivity contribution >= 4 is 41.4 Å². The summed E-state index contributed by atoms with van der Waals surface area (Å²) in [6.07, 6.45) is -1.25. The Morgan fingerprint density at radius 3 is 1.59 bits per heavy atom. The van der Waals surface area contributed by atoms with Crippen molar-refractivity contribution in [3.05, 3.63) is 0 Å². The van der Waals surface area contributed by atoms with E-state index in [4.69, 9.17) is 4.74 Å². The van der Waals surface area contributed by atoms with Crippen LogP contribution in [0.4, 0.5) is 4.79 Å². The number of nitrogens with zero attached hydrogens (tertiary/aromatic N) is 1. The molecule has 0 fully saturated rings. The molecule has 5 N–H and O–H groups in total. The van der Waals surface area contributed by atoms with Crippen molar-refractivity contribution in [3.8, 4) is 0 Å². The molecule has 1 unspecified atom stereocenters. The van der Waals surface area contributed by atoms with Gasteiger partial charge < -0.3 is 36.2 Å². The van der Waals surface area contributed by atoms with E-state index >= 15 is 0 Å². The molecule has 0 saturated carbocycles. The minimum atomic E-state index is -1.43. The molecular formula is C30H54N6O8. The highest BCUT2D eigenvalue weighted by Crippen LogP contribution is 2.12. The molecule has 0 radical (unpaired) electrons. The van der Waals surface area contributed by atoms with E-state index in [1.807, 2.05) is 20.8 Å². The number of Topliss-reactive ketones (excluding diaryl/α,β-unsaturated/α-hetero) is 1. The van der Waals surface area contributed by atoms with Gasteiger partial charge in [-0.15, -0.1) is 0 Å². The van der Waals surface area contributed by atoms with Gasteiger partial charge in [-0.2, -0.15) is 0 Å². The maximum atomic E-state index is 13.4. The highest BCUT2D eigenvalue weighted by molar-refractivity contribution is 6.38. The second-order valence-electron chi connectivity index (χ2n) is 14.0. The van der Waals surface area contributed by atoms with Gasteiger partial charge in [-0.3, -0.25) is 28.8 Å². The molecule has 44 heavy (non-hydrogen) atoms. The van der Waals surface area contributed by atoms with E-state index in [1.165, 1.54) is 25.9 Å². The molecule has 0 heterocycles. The van der Waals surface area contributed by atoms with Crippen LogP contribution in [0.3, 0.4) is 0 Å². The van der Waals surface area contributed by atoms with Crippen LogP contribution >= 0.6 is 0 Å². The Kier molecular flexibility index (Phi) is 15.5. The number of hydrogen-bond acceptors (Lipinski definition) is 8. The normalized spacial score (nSPS) is 14.4. The van der Waals surface area contributed by atoms with Gasteiger partial charge in [-0.25, -0.2) is 4.79 Å².